The third-order valence-electron chi connectivity index (χ3n) is 5.66. The third-order valence-corrected chi connectivity index (χ3v) is 5.66. The lowest BCUT2D eigenvalue weighted by atomic mass is 9.48. The van der Waals surface area contributed by atoms with E-state index < -0.39 is 0 Å². The van der Waals surface area contributed by atoms with Crippen LogP contribution in [0.15, 0.2) is 12.7 Å². The quantitative estimate of drug-likeness (QED) is 0.462. The van der Waals surface area contributed by atoms with Crippen LogP contribution < -0.4 is 0 Å². The molecule has 1 aliphatic carbocycles. The maximum absolute atomic E-state index is 6.39. The molecule has 0 aromatic heterocycles. The van der Waals surface area contributed by atoms with E-state index in [-0.39, 0.29) is 18.5 Å². The molecule has 0 spiro atoms. The van der Waals surface area contributed by atoms with E-state index in [0.717, 1.165) is 5.92 Å². The van der Waals surface area contributed by atoms with Crippen LogP contribution in [0, 0.1) is 17.3 Å². The molecule has 0 aliphatic heterocycles. The Hall–Kier alpha value is -0.275. The van der Waals surface area contributed by atoms with E-state index in [1.54, 1.807) is 0 Å². The lowest BCUT2D eigenvalue weighted by molar-refractivity contribution is -0.139. The van der Waals surface area contributed by atoms with Gasteiger partial charge in [0.25, 0.3) is 0 Å². The van der Waals surface area contributed by atoms with Crippen molar-refractivity contribution in [3.05, 3.63) is 12.7 Å². The fraction of sp³-hybridized carbons (Fsp3) is 0.882. The molecule has 0 aromatic carbocycles. The Morgan fingerprint density at radius 3 is 2.45 bits per heavy atom. The normalized spacial score (nSPS) is 31.6. The van der Waals surface area contributed by atoms with Crippen LogP contribution in [0.1, 0.15) is 61.3 Å². The summed E-state index contributed by atoms with van der Waals surface area (Å²) in [5.41, 5.74) is 0.228. The first-order valence-corrected chi connectivity index (χ1v) is 8.14. The highest BCUT2D eigenvalue weighted by Gasteiger charge is 2.55. The summed E-state index contributed by atoms with van der Waals surface area (Å²) in [4.78, 5) is 0. The molecule has 1 saturated carbocycles. The zero-order valence-electron chi connectivity index (χ0n) is 14.5. The molecule has 0 amide bonds. The van der Waals surface area contributed by atoms with Crippen LogP contribution in [0.25, 0.3) is 0 Å². The molecule has 3 heteroatoms. The average Bonchev–Trinajstić information content (AvgIpc) is 2.41. The Balaban J connectivity index is 2.80. The van der Waals surface area contributed by atoms with Crippen LogP contribution in [-0.2, 0) is 9.31 Å². The molecular formula is C17H33BO2. The van der Waals surface area contributed by atoms with Gasteiger partial charge in [-0.2, -0.15) is 0 Å². The van der Waals surface area contributed by atoms with Crippen molar-refractivity contribution in [1.29, 1.82) is 0 Å². The highest BCUT2D eigenvalue weighted by Crippen LogP contribution is 2.58. The van der Waals surface area contributed by atoms with Gasteiger partial charge >= 0.3 is 7.12 Å². The third kappa shape index (κ3) is 3.31. The lowest BCUT2D eigenvalue weighted by Gasteiger charge is -2.59. The van der Waals surface area contributed by atoms with Gasteiger partial charge in [0.05, 0.1) is 5.60 Å². The van der Waals surface area contributed by atoms with E-state index in [0.29, 0.717) is 17.9 Å². The second-order valence-corrected chi connectivity index (χ2v) is 7.19. The summed E-state index contributed by atoms with van der Waals surface area (Å²) in [6.07, 6.45) is 4.37. The Bertz CT molecular complexity index is 329. The fourth-order valence-corrected chi connectivity index (χ4v) is 3.70. The van der Waals surface area contributed by atoms with Gasteiger partial charge in [0.2, 0.25) is 0 Å². The molecule has 4 atom stereocenters. The Kier molecular flexibility index (Phi) is 5.92. The maximum Gasteiger partial charge on any atom is 0.464 e. The zero-order chi connectivity index (χ0) is 15.6. The zero-order valence-corrected chi connectivity index (χ0v) is 14.5. The number of hydrogen-bond acceptors (Lipinski definition) is 2. The van der Waals surface area contributed by atoms with E-state index in [1.807, 2.05) is 13.0 Å². The topological polar surface area (TPSA) is 18.5 Å². The molecule has 116 valence electrons. The van der Waals surface area contributed by atoms with Gasteiger partial charge in [-0.3, -0.25) is 0 Å². The molecule has 2 nitrogen and oxygen atoms in total. The molecule has 1 aliphatic rings. The van der Waals surface area contributed by atoms with Crippen molar-refractivity contribution < 1.29 is 9.31 Å². The van der Waals surface area contributed by atoms with Gasteiger partial charge in [0, 0.05) is 12.4 Å². The second-order valence-electron chi connectivity index (χ2n) is 7.19. The fourth-order valence-electron chi connectivity index (χ4n) is 3.70. The number of rotatable bonds is 8. The van der Waals surface area contributed by atoms with Crippen molar-refractivity contribution in [2.45, 2.75) is 72.7 Å². The summed E-state index contributed by atoms with van der Waals surface area (Å²) in [6, 6.07) is 0. The highest BCUT2D eigenvalue weighted by molar-refractivity contribution is 6.47. The van der Waals surface area contributed by atoms with Crippen LogP contribution >= 0.6 is 0 Å². The highest BCUT2D eigenvalue weighted by atomic mass is 16.6. The molecule has 20 heavy (non-hydrogen) atoms. The first kappa shape index (κ1) is 17.8. The van der Waals surface area contributed by atoms with Crippen LogP contribution in [0.3, 0.4) is 0 Å². The van der Waals surface area contributed by atoms with Crippen molar-refractivity contribution in [3.8, 4) is 0 Å². The molecule has 4 unspecified atom stereocenters. The van der Waals surface area contributed by atoms with E-state index in [1.165, 1.54) is 12.8 Å². The van der Waals surface area contributed by atoms with Crippen molar-refractivity contribution >= 4 is 7.12 Å². The van der Waals surface area contributed by atoms with Gasteiger partial charge in [-0.1, -0.05) is 40.2 Å². The van der Waals surface area contributed by atoms with Crippen LogP contribution in [0.4, 0.5) is 0 Å². The van der Waals surface area contributed by atoms with Crippen LogP contribution in [0.2, 0.25) is 5.82 Å². The Labute approximate surface area is 126 Å². The van der Waals surface area contributed by atoms with Crippen LogP contribution in [-0.4, -0.2) is 19.3 Å². The van der Waals surface area contributed by atoms with Gasteiger partial charge in [-0.25, -0.2) is 0 Å². The lowest BCUT2D eigenvalue weighted by Crippen LogP contribution is -2.57. The summed E-state index contributed by atoms with van der Waals surface area (Å²) >= 11 is 0. The van der Waals surface area contributed by atoms with Gasteiger partial charge in [-0.05, 0) is 44.4 Å². The van der Waals surface area contributed by atoms with Gasteiger partial charge in [0.1, 0.15) is 0 Å². The van der Waals surface area contributed by atoms with E-state index >= 15 is 0 Å². The molecular weight excluding hydrogens is 247 g/mol. The summed E-state index contributed by atoms with van der Waals surface area (Å²) < 4.78 is 12.2. The maximum atomic E-state index is 6.39. The van der Waals surface area contributed by atoms with Crippen molar-refractivity contribution in [2.24, 2.45) is 17.3 Å². The molecule has 0 aromatic rings. The summed E-state index contributed by atoms with van der Waals surface area (Å²) in [5.74, 6) is 1.58. The van der Waals surface area contributed by atoms with Crippen molar-refractivity contribution in [1.82, 2.24) is 0 Å². The molecule has 1 fully saturated rings. The average molecular weight is 280 g/mol. The molecule has 1 rings (SSSR count). The summed E-state index contributed by atoms with van der Waals surface area (Å²) in [6.45, 7) is 20.2. The first-order valence-electron chi connectivity index (χ1n) is 8.14. The van der Waals surface area contributed by atoms with Gasteiger partial charge in [-0.15, -0.1) is 6.58 Å². The Morgan fingerprint density at radius 2 is 2.05 bits per heavy atom. The van der Waals surface area contributed by atoms with E-state index in [2.05, 4.69) is 48.1 Å². The predicted molar refractivity (Wildman–Crippen MR) is 87.8 cm³/mol. The summed E-state index contributed by atoms with van der Waals surface area (Å²) in [7, 11) is -0.190. The van der Waals surface area contributed by atoms with Gasteiger partial charge in [0.15, 0.2) is 0 Å². The Morgan fingerprint density at radius 1 is 1.45 bits per heavy atom. The molecule has 0 bridgehead atoms. The van der Waals surface area contributed by atoms with Crippen molar-refractivity contribution in [3.63, 3.8) is 0 Å². The van der Waals surface area contributed by atoms with E-state index in [4.69, 9.17) is 9.31 Å². The standard InChI is InChI=1S/C17H33BO2/c1-9-14(5)18(19-11-3)20-16(6,7)15-12-13(4)17(15,8)10-2/h9,13-15H,1,10-12H2,2-8H3. The van der Waals surface area contributed by atoms with Crippen molar-refractivity contribution in [2.75, 3.05) is 6.61 Å². The largest absolute Gasteiger partial charge is 0.464 e. The number of hydrogen-bond donors (Lipinski definition) is 0. The summed E-state index contributed by atoms with van der Waals surface area (Å²) in [5, 5.41) is 0. The number of allylic oxidation sites excluding steroid dienone is 1. The predicted octanol–water partition coefficient (Wildman–Crippen LogP) is 4.95. The minimum atomic E-state index is -0.190. The molecule has 0 N–H and O–H groups in total. The minimum absolute atomic E-state index is 0.158. The molecule has 0 heterocycles. The smallest absolute Gasteiger partial charge is 0.411 e. The monoisotopic (exact) mass is 280 g/mol. The first-order chi connectivity index (χ1) is 9.22. The second kappa shape index (κ2) is 6.66. The van der Waals surface area contributed by atoms with Crippen LogP contribution in [0.5, 0.6) is 0 Å². The molecule has 0 saturated heterocycles. The SMILES string of the molecule is C=CC(C)B(OCC)OC(C)(C)C1CC(C)C1(C)CC. The van der Waals surface area contributed by atoms with E-state index in [9.17, 15) is 0 Å². The minimum Gasteiger partial charge on any atom is -0.411 e. The van der Waals surface area contributed by atoms with Gasteiger partial charge < -0.3 is 9.31 Å². The molecule has 0 radical (unpaired) electrons.